The molecule has 0 spiro atoms. The lowest BCUT2D eigenvalue weighted by Gasteiger charge is -2.31. The summed E-state index contributed by atoms with van der Waals surface area (Å²) in [6.45, 7) is 4.15. The van der Waals surface area contributed by atoms with Gasteiger partial charge in [-0.2, -0.15) is 0 Å². The average Bonchev–Trinajstić information content (AvgIpc) is 3.22. The predicted molar refractivity (Wildman–Crippen MR) is 123 cm³/mol. The Balaban J connectivity index is 1.10. The van der Waals surface area contributed by atoms with Crippen LogP contribution < -0.4 is 9.47 Å². The van der Waals surface area contributed by atoms with E-state index in [0.29, 0.717) is 19.1 Å². The molecule has 1 fully saturated rings. The molecule has 2 aliphatic heterocycles. The van der Waals surface area contributed by atoms with Crippen molar-refractivity contribution in [2.75, 3.05) is 26.3 Å². The van der Waals surface area contributed by atoms with Crippen LogP contribution in [0.1, 0.15) is 24.1 Å². The Bertz CT molecular complexity index is 1280. The van der Waals surface area contributed by atoms with Crippen molar-refractivity contribution in [1.82, 2.24) is 14.9 Å². The molecule has 0 atom stereocenters. The van der Waals surface area contributed by atoms with Gasteiger partial charge in [-0.15, -0.1) is 0 Å². The van der Waals surface area contributed by atoms with Gasteiger partial charge in [-0.3, -0.25) is 9.88 Å². The molecule has 1 saturated heterocycles. The van der Waals surface area contributed by atoms with Crippen molar-refractivity contribution in [2.24, 2.45) is 5.92 Å². The van der Waals surface area contributed by atoms with E-state index in [1.54, 1.807) is 6.07 Å². The molecule has 4 heterocycles. The van der Waals surface area contributed by atoms with Crippen molar-refractivity contribution >= 4 is 21.8 Å². The molecule has 2 aliphatic rings. The van der Waals surface area contributed by atoms with Crippen molar-refractivity contribution in [3.8, 4) is 11.5 Å². The van der Waals surface area contributed by atoms with Gasteiger partial charge in [0.05, 0.1) is 11.2 Å². The summed E-state index contributed by atoms with van der Waals surface area (Å²) in [5, 5.41) is 2.03. The zero-order valence-electron chi connectivity index (χ0n) is 17.9. The minimum Gasteiger partial charge on any atom is -0.486 e. The third-order valence-electron chi connectivity index (χ3n) is 6.76. The molecule has 2 aromatic carbocycles. The lowest BCUT2D eigenvalue weighted by molar-refractivity contribution is 0.173. The van der Waals surface area contributed by atoms with Crippen LogP contribution in [0.3, 0.4) is 0 Å². The Morgan fingerprint density at radius 2 is 1.88 bits per heavy atom. The van der Waals surface area contributed by atoms with Gasteiger partial charge < -0.3 is 14.5 Å². The Labute approximate surface area is 186 Å². The fraction of sp³-hybridized carbons (Fsp3) is 0.346. The van der Waals surface area contributed by atoms with Crippen LogP contribution in [0.4, 0.5) is 4.39 Å². The molecule has 5 nitrogen and oxygen atoms in total. The fourth-order valence-electron chi connectivity index (χ4n) is 5.05. The molecule has 4 aromatic rings. The second-order valence-corrected chi connectivity index (χ2v) is 8.89. The minimum atomic E-state index is -0.171. The summed E-state index contributed by atoms with van der Waals surface area (Å²) < 4.78 is 25.2. The lowest BCUT2D eigenvalue weighted by atomic mass is 9.90. The van der Waals surface area contributed by atoms with Gasteiger partial charge in [0.15, 0.2) is 11.5 Å². The number of aromatic nitrogens is 2. The third-order valence-corrected chi connectivity index (χ3v) is 6.76. The number of piperidine rings is 1. The minimum absolute atomic E-state index is 0.171. The number of pyridine rings is 1. The highest BCUT2D eigenvalue weighted by Crippen LogP contribution is 2.37. The van der Waals surface area contributed by atoms with E-state index in [0.717, 1.165) is 77.9 Å². The highest BCUT2D eigenvalue weighted by Gasteiger charge is 2.22. The Morgan fingerprint density at radius 1 is 1.00 bits per heavy atom. The number of hydrogen-bond donors (Lipinski definition) is 1. The van der Waals surface area contributed by atoms with Crippen LogP contribution in [-0.4, -0.2) is 41.2 Å². The number of benzene rings is 2. The van der Waals surface area contributed by atoms with Gasteiger partial charge in [0.25, 0.3) is 0 Å². The number of ether oxygens (including phenoxy) is 2. The van der Waals surface area contributed by atoms with E-state index in [4.69, 9.17) is 14.5 Å². The van der Waals surface area contributed by atoms with Crippen LogP contribution in [0.25, 0.3) is 21.8 Å². The molecular formula is C26H26FN3O2. The summed E-state index contributed by atoms with van der Waals surface area (Å²) in [6, 6.07) is 13.2. The lowest BCUT2D eigenvalue weighted by Crippen LogP contribution is -2.34. The second kappa shape index (κ2) is 8.10. The van der Waals surface area contributed by atoms with E-state index in [1.807, 2.05) is 24.4 Å². The van der Waals surface area contributed by atoms with Gasteiger partial charge in [0, 0.05) is 29.0 Å². The van der Waals surface area contributed by atoms with Crippen molar-refractivity contribution in [3.63, 3.8) is 0 Å². The molecule has 0 saturated carbocycles. The highest BCUT2D eigenvalue weighted by atomic mass is 19.1. The number of H-pyrrole nitrogens is 1. The number of halogens is 1. The molecule has 1 N–H and O–H groups in total. The van der Waals surface area contributed by atoms with Gasteiger partial charge in [-0.25, -0.2) is 4.39 Å². The molecule has 164 valence electrons. The number of aromatic amines is 1. The smallest absolute Gasteiger partial charge is 0.170 e. The summed E-state index contributed by atoms with van der Waals surface area (Å²) in [5.74, 6) is 2.07. The number of nitrogens with one attached hydrogen (secondary N) is 1. The molecule has 2 aromatic heterocycles. The molecule has 0 aliphatic carbocycles. The Morgan fingerprint density at radius 3 is 2.78 bits per heavy atom. The van der Waals surface area contributed by atoms with Gasteiger partial charge in [0.2, 0.25) is 0 Å². The van der Waals surface area contributed by atoms with Gasteiger partial charge in [-0.1, -0.05) is 0 Å². The normalized spacial score (nSPS) is 17.3. The summed E-state index contributed by atoms with van der Waals surface area (Å²) in [5.41, 5.74) is 4.27. The van der Waals surface area contributed by atoms with Crippen molar-refractivity contribution in [2.45, 2.75) is 25.8 Å². The van der Waals surface area contributed by atoms with E-state index < -0.39 is 0 Å². The monoisotopic (exact) mass is 431 g/mol. The fourth-order valence-corrected chi connectivity index (χ4v) is 5.05. The number of fused-ring (bicyclic) bond motifs is 4. The first-order chi connectivity index (χ1) is 15.7. The first kappa shape index (κ1) is 19.6. The van der Waals surface area contributed by atoms with E-state index in [1.165, 1.54) is 11.6 Å². The molecular weight excluding hydrogens is 405 g/mol. The van der Waals surface area contributed by atoms with Gasteiger partial charge >= 0.3 is 0 Å². The van der Waals surface area contributed by atoms with Crippen molar-refractivity contribution in [1.29, 1.82) is 0 Å². The summed E-state index contributed by atoms with van der Waals surface area (Å²) in [4.78, 5) is 10.6. The summed E-state index contributed by atoms with van der Waals surface area (Å²) in [7, 11) is 0. The number of rotatable bonds is 4. The summed E-state index contributed by atoms with van der Waals surface area (Å²) >= 11 is 0. The first-order valence-electron chi connectivity index (χ1n) is 11.4. The van der Waals surface area contributed by atoms with Crippen LogP contribution in [-0.2, 0) is 13.0 Å². The van der Waals surface area contributed by atoms with Crippen LogP contribution in [0.15, 0.2) is 48.7 Å². The largest absolute Gasteiger partial charge is 0.486 e. The molecule has 0 radical (unpaired) electrons. The van der Waals surface area contributed by atoms with E-state index >= 15 is 0 Å². The van der Waals surface area contributed by atoms with Crippen LogP contribution in [0.2, 0.25) is 0 Å². The van der Waals surface area contributed by atoms with Gasteiger partial charge in [-0.05, 0) is 86.3 Å². The number of likely N-dealkylation sites (tertiary alicyclic amines) is 1. The maximum Gasteiger partial charge on any atom is 0.170 e. The van der Waals surface area contributed by atoms with E-state index in [-0.39, 0.29) is 5.82 Å². The highest BCUT2D eigenvalue weighted by molar-refractivity contribution is 5.88. The molecule has 0 bridgehead atoms. The van der Waals surface area contributed by atoms with E-state index in [2.05, 4.69) is 22.0 Å². The molecule has 6 heteroatoms. The zero-order chi connectivity index (χ0) is 21.5. The third kappa shape index (κ3) is 3.69. The van der Waals surface area contributed by atoms with Gasteiger partial charge in [0.1, 0.15) is 19.0 Å². The summed E-state index contributed by atoms with van der Waals surface area (Å²) in [6.07, 6.45) is 5.34. The predicted octanol–water partition coefficient (Wildman–Crippen LogP) is 5.08. The van der Waals surface area contributed by atoms with Crippen molar-refractivity contribution in [3.05, 3.63) is 65.7 Å². The zero-order valence-corrected chi connectivity index (χ0v) is 17.9. The van der Waals surface area contributed by atoms with Crippen LogP contribution in [0, 0.1) is 11.7 Å². The number of nitrogens with zero attached hydrogens (tertiary/aromatic N) is 2. The quantitative estimate of drug-likeness (QED) is 0.490. The standard InChI is InChI=1S/C26H26FN3O2/c27-19-1-4-23-22(14-19)18(15-28-23)13-17-7-9-30(10-8-17)16-20-2-3-21-24(29-20)5-6-25-26(21)32-12-11-31-25/h1-6,14-15,17,28H,7-13,16H2. The van der Waals surface area contributed by atoms with Crippen LogP contribution in [0.5, 0.6) is 11.5 Å². The molecule has 0 amide bonds. The SMILES string of the molecule is Fc1ccc2[nH]cc(CC3CCN(Cc4ccc5c6c(ccc5n4)OCCO6)CC3)c2c1. The van der Waals surface area contributed by atoms with Crippen molar-refractivity contribution < 1.29 is 13.9 Å². The second-order valence-electron chi connectivity index (χ2n) is 8.89. The molecule has 6 rings (SSSR count). The van der Waals surface area contributed by atoms with E-state index in [9.17, 15) is 4.39 Å². The molecule has 0 unspecified atom stereocenters. The Hall–Kier alpha value is -3.12. The number of hydrogen-bond acceptors (Lipinski definition) is 4. The first-order valence-corrected chi connectivity index (χ1v) is 11.4. The molecule has 32 heavy (non-hydrogen) atoms. The average molecular weight is 432 g/mol. The Kier molecular flexibility index (Phi) is 4.95. The topological polar surface area (TPSA) is 50.4 Å². The van der Waals surface area contributed by atoms with Crippen LogP contribution >= 0.6 is 0 Å². The maximum absolute atomic E-state index is 13.7. The maximum atomic E-state index is 13.7.